The molecule has 3 aromatic carbocycles. The molecule has 0 atom stereocenters. The number of imidazole rings is 1. The molecule has 0 bridgehead atoms. The SMILES string of the molecule is C[n+]1[c-]n(-c2ccc(CCc3cccc(CCc4ccc(-c5ccccc5)nc4)c3)cc2)cc1. The van der Waals surface area contributed by atoms with Crippen LogP contribution in [0.2, 0.25) is 0 Å². The summed E-state index contributed by atoms with van der Waals surface area (Å²) < 4.78 is 3.94. The third-order valence-corrected chi connectivity index (χ3v) is 6.21. The van der Waals surface area contributed by atoms with E-state index in [-0.39, 0.29) is 0 Å². The Balaban J connectivity index is 1.15. The topological polar surface area (TPSA) is 21.7 Å². The molecule has 0 spiro atoms. The number of hydrogen-bond acceptors (Lipinski definition) is 1. The Kier molecular flexibility index (Phi) is 6.62. The molecule has 0 radical (unpaired) electrons. The molecule has 0 fully saturated rings. The second kappa shape index (κ2) is 10.3. The molecule has 5 rings (SSSR count). The standard InChI is InChI=1S/C31H29N3/c1-33-20-21-34(24-33)30-17-14-25(15-18-30)10-11-26-6-5-7-27(22-26)12-13-28-16-19-31(32-23-28)29-8-3-2-4-9-29/h2-9,14-23H,10-13H2,1H3. The molecule has 0 saturated carbocycles. The minimum absolute atomic E-state index is 1.00. The number of hydrogen-bond donors (Lipinski definition) is 0. The first-order chi connectivity index (χ1) is 16.7. The molecule has 0 N–H and O–H groups in total. The summed E-state index contributed by atoms with van der Waals surface area (Å²) >= 11 is 0. The highest BCUT2D eigenvalue weighted by molar-refractivity contribution is 5.58. The molecule has 34 heavy (non-hydrogen) atoms. The van der Waals surface area contributed by atoms with Gasteiger partial charge in [-0.15, -0.1) is 0 Å². The molecule has 0 aliphatic heterocycles. The average molecular weight is 444 g/mol. The first-order valence-corrected chi connectivity index (χ1v) is 11.9. The van der Waals surface area contributed by atoms with Crippen molar-refractivity contribution in [2.45, 2.75) is 25.7 Å². The summed E-state index contributed by atoms with van der Waals surface area (Å²) in [4.78, 5) is 4.66. The van der Waals surface area contributed by atoms with Gasteiger partial charge in [0.15, 0.2) is 0 Å². The van der Waals surface area contributed by atoms with E-state index in [1.807, 2.05) is 40.8 Å². The molecule has 0 amide bonds. The van der Waals surface area contributed by atoms with Crippen molar-refractivity contribution in [3.63, 3.8) is 0 Å². The Morgan fingerprint density at radius 3 is 2.03 bits per heavy atom. The minimum atomic E-state index is 1.00. The predicted molar refractivity (Wildman–Crippen MR) is 137 cm³/mol. The molecule has 5 aromatic rings. The van der Waals surface area contributed by atoms with E-state index >= 15 is 0 Å². The van der Waals surface area contributed by atoms with Crippen molar-refractivity contribution in [2.75, 3.05) is 0 Å². The second-order valence-corrected chi connectivity index (χ2v) is 8.78. The van der Waals surface area contributed by atoms with Crippen LogP contribution in [0.15, 0.2) is 110 Å². The van der Waals surface area contributed by atoms with E-state index in [0.717, 1.165) is 42.6 Å². The van der Waals surface area contributed by atoms with E-state index in [1.54, 1.807) is 0 Å². The van der Waals surface area contributed by atoms with Crippen LogP contribution in [0.25, 0.3) is 16.9 Å². The smallest absolute Gasteiger partial charge is 0.243 e. The van der Waals surface area contributed by atoms with Crippen LogP contribution in [-0.2, 0) is 32.7 Å². The molecular formula is C31H29N3. The third-order valence-electron chi connectivity index (χ3n) is 6.21. The van der Waals surface area contributed by atoms with Crippen LogP contribution in [-0.4, -0.2) is 9.55 Å². The van der Waals surface area contributed by atoms with Crippen molar-refractivity contribution in [1.29, 1.82) is 0 Å². The fraction of sp³-hybridized carbons (Fsp3) is 0.161. The van der Waals surface area contributed by atoms with Crippen molar-refractivity contribution in [3.05, 3.63) is 138 Å². The lowest BCUT2D eigenvalue weighted by molar-refractivity contribution is -0.674. The van der Waals surface area contributed by atoms with Gasteiger partial charge in [-0.05, 0) is 54.0 Å². The summed E-state index contributed by atoms with van der Waals surface area (Å²) in [5.74, 6) is 0. The maximum atomic E-state index is 4.66. The number of rotatable bonds is 8. The second-order valence-electron chi connectivity index (χ2n) is 8.78. The molecule has 2 aromatic heterocycles. The van der Waals surface area contributed by atoms with Crippen LogP contribution >= 0.6 is 0 Å². The normalized spacial score (nSPS) is 11.0. The minimum Gasteiger partial charge on any atom is -0.326 e. The Hall–Kier alpha value is -3.98. The van der Waals surface area contributed by atoms with Gasteiger partial charge in [0.25, 0.3) is 0 Å². The van der Waals surface area contributed by atoms with E-state index in [9.17, 15) is 0 Å². The van der Waals surface area contributed by atoms with Crippen LogP contribution in [0, 0.1) is 6.33 Å². The predicted octanol–water partition coefficient (Wildman–Crippen LogP) is 5.73. The Labute approximate surface area is 202 Å². The van der Waals surface area contributed by atoms with Gasteiger partial charge in [0.2, 0.25) is 6.33 Å². The van der Waals surface area contributed by atoms with E-state index in [0.29, 0.717) is 0 Å². The fourth-order valence-electron chi connectivity index (χ4n) is 4.24. The molecule has 0 unspecified atom stereocenters. The van der Waals surface area contributed by atoms with Gasteiger partial charge in [-0.25, -0.2) is 0 Å². The van der Waals surface area contributed by atoms with Gasteiger partial charge in [0.1, 0.15) is 0 Å². The van der Waals surface area contributed by atoms with E-state index in [4.69, 9.17) is 0 Å². The summed E-state index contributed by atoms with van der Waals surface area (Å²) in [6.07, 6.45) is 13.4. The lowest BCUT2D eigenvalue weighted by atomic mass is 9.99. The molecule has 0 aliphatic rings. The van der Waals surface area contributed by atoms with E-state index in [1.165, 1.54) is 22.3 Å². The van der Waals surface area contributed by atoms with Crippen LogP contribution in [0.1, 0.15) is 22.3 Å². The number of nitrogens with zero attached hydrogens (tertiary/aromatic N) is 3. The highest BCUT2D eigenvalue weighted by Crippen LogP contribution is 2.18. The van der Waals surface area contributed by atoms with Crippen molar-refractivity contribution >= 4 is 0 Å². The van der Waals surface area contributed by atoms with Gasteiger partial charge in [-0.1, -0.05) is 84.9 Å². The first-order valence-electron chi connectivity index (χ1n) is 11.9. The van der Waals surface area contributed by atoms with E-state index < -0.39 is 0 Å². The Bertz CT molecular complexity index is 1330. The Morgan fingerprint density at radius 2 is 1.38 bits per heavy atom. The molecule has 3 nitrogen and oxygen atoms in total. The van der Waals surface area contributed by atoms with Gasteiger partial charge in [0, 0.05) is 24.2 Å². The van der Waals surface area contributed by atoms with Gasteiger partial charge >= 0.3 is 0 Å². The maximum absolute atomic E-state index is 4.66. The van der Waals surface area contributed by atoms with Crippen LogP contribution in [0.5, 0.6) is 0 Å². The zero-order valence-electron chi connectivity index (χ0n) is 19.6. The van der Waals surface area contributed by atoms with Crippen molar-refractivity contribution in [1.82, 2.24) is 9.55 Å². The van der Waals surface area contributed by atoms with Crippen LogP contribution < -0.4 is 4.57 Å². The van der Waals surface area contributed by atoms with Crippen LogP contribution in [0.3, 0.4) is 0 Å². The molecule has 2 heterocycles. The van der Waals surface area contributed by atoms with Gasteiger partial charge in [-0.3, -0.25) is 4.98 Å². The molecule has 3 heteroatoms. The van der Waals surface area contributed by atoms with Gasteiger partial charge < -0.3 is 9.13 Å². The largest absolute Gasteiger partial charge is 0.326 e. The third kappa shape index (κ3) is 5.49. The zero-order valence-corrected chi connectivity index (χ0v) is 19.6. The maximum Gasteiger partial charge on any atom is 0.243 e. The highest BCUT2D eigenvalue weighted by Gasteiger charge is 2.03. The van der Waals surface area contributed by atoms with Crippen molar-refractivity contribution < 1.29 is 4.57 Å². The van der Waals surface area contributed by atoms with Gasteiger partial charge in [0.05, 0.1) is 18.4 Å². The molecule has 168 valence electrons. The zero-order chi connectivity index (χ0) is 23.2. The molecule has 0 saturated heterocycles. The Morgan fingerprint density at radius 1 is 0.706 bits per heavy atom. The summed E-state index contributed by atoms with van der Waals surface area (Å²) in [5.41, 5.74) is 8.74. The van der Waals surface area contributed by atoms with Crippen molar-refractivity contribution in [3.8, 4) is 16.9 Å². The number of aryl methyl sites for hydroxylation is 5. The number of benzene rings is 3. The quantitative estimate of drug-likeness (QED) is 0.222. The van der Waals surface area contributed by atoms with Crippen LogP contribution in [0.4, 0.5) is 0 Å². The first kappa shape index (κ1) is 21.8. The number of pyridine rings is 1. The fourth-order valence-corrected chi connectivity index (χ4v) is 4.24. The van der Waals surface area contributed by atoms with Gasteiger partial charge in [-0.2, -0.15) is 0 Å². The van der Waals surface area contributed by atoms with Crippen molar-refractivity contribution in [2.24, 2.45) is 7.05 Å². The lowest BCUT2D eigenvalue weighted by Gasteiger charge is -2.08. The summed E-state index contributed by atoms with van der Waals surface area (Å²) in [6, 6.07) is 32.5. The highest BCUT2D eigenvalue weighted by atomic mass is 15.1. The summed E-state index contributed by atoms with van der Waals surface area (Å²) in [5, 5.41) is 0. The molecular weight excluding hydrogens is 414 g/mol. The average Bonchev–Trinajstić information content (AvgIpc) is 3.34. The summed E-state index contributed by atoms with van der Waals surface area (Å²) in [6.45, 7) is 0. The molecule has 0 aliphatic carbocycles. The summed E-state index contributed by atoms with van der Waals surface area (Å²) in [7, 11) is 1.98. The lowest BCUT2D eigenvalue weighted by Crippen LogP contribution is -2.24. The monoisotopic (exact) mass is 443 g/mol. The number of aromatic nitrogens is 3. The van der Waals surface area contributed by atoms with E-state index in [2.05, 4.69) is 96.2 Å².